The fourth-order valence-electron chi connectivity index (χ4n) is 1.71. The first kappa shape index (κ1) is 11.2. The Labute approximate surface area is 85.2 Å². The quantitative estimate of drug-likeness (QED) is 0.752. The summed E-state index contributed by atoms with van der Waals surface area (Å²) in [7, 11) is 0. The van der Waals surface area contributed by atoms with E-state index in [9.17, 15) is 5.11 Å². The number of aliphatic hydroxyl groups excluding tert-OH is 2. The van der Waals surface area contributed by atoms with Crippen LogP contribution in [0.2, 0.25) is 0 Å². The van der Waals surface area contributed by atoms with Gasteiger partial charge in [-0.15, -0.1) is 0 Å². The van der Waals surface area contributed by atoms with Crippen LogP contribution in [0.4, 0.5) is 0 Å². The standard InChI is InChI=1S/C12H18O2/c1-10(14)9-12(7-8-13)11-5-3-2-4-6-11/h2-6,10,12-14H,7-9H2,1H3. The molecule has 0 heterocycles. The molecule has 1 rings (SSSR count). The summed E-state index contributed by atoms with van der Waals surface area (Å²) in [4.78, 5) is 0. The van der Waals surface area contributed by atoms with Crippen LogP contribution in [-0.4, -0.2) is 22.9 Å². The van der Waals surface area contributed by atoms with Crippen LogP contribution in [-0.2, 0) is 0 Å². The molecule has 2 nitrogen and oxygen atoms in total. The number of hydrogen-bond acceptors (Lipinski definition) is 2. The zero-order valence-corrected chi connectivity index (χ0v) is 8.56. The van der Waals surface area contributed by atoms with E-state index in [0.717, 1.165) is 6.42 Å². The van der Waals surface area contributed by atoms with Gasteiger partial charge < -0.3 is 10.2 Å². The lowest BCUT2D eigenvalue weighted by Crippen LogP contribution is -2.10. The van der Waals surface area contributed by atoms with Gasteiger partial charge in [-0.2, -0.15) is 0 Å². The summed E-state index contributed by atoms with van der Waals surface area (Å²) in [6.07, 6.45) is 1.12. The van der Waals surface area contributed by atoms with Crippen LogP contribution in [0, 0.1) is 0 Å². The van der Waals surface area contributed by atoms with Crippen LogP contribution in [0.3, 0.4) is 0 Å². The highest BCUT2D eigenvalue weighted by Crippen LogP contribution is 2.24. The number of aliphatic hydroxyl groups is 2. The monoisotopic (exact) mass is 194 g/mol. The van der Waals surface area contributed by atoms with Gasteiger partial charge in [0.2, 0.25) is 0 Å². The van der Waals surface area contributed by atoms with Gasteiger partial charge in [0.1, 0.15) is 0 Å². The third-order valence-electron chi connectivity index (χ3n) is 2.37. The fourth-order valence-corrected chi connectivity index (χ4v) is 1.71. The lowest BCUT2D eigenvalue weighted by Gasteiger charge is -2.17. The van der Waals surface area contributed by atoms with E-state index in [2.05, 4.69) is 0 Å². The topological polar surface area (TPSA) is 40.5 Å². The molecule has 1 aromatic rings. The van der Waals surface area contributed by atoms with Gasteiger partial charge in [-0.1, -0.05) is 30.3 Å². The Balaban J connectivity index is 2.67. The van der Waals surface area contributed by atoms with Crippen molar-refractivity contribution in [2.24, 2.45) is 0 Å². The second-order valence-electron chi connectivity index (χ2n) is 3.70. The van der Waals surface area contributed by atoms with Crippen LogP contribution in [0.15, 0.2) is 30.3 Å². The summed E-state index contributed by atoms with van der Waals surface area (Å²) in [6, 6.07) is 10.0. The molecule has 2 unspecified atom stereocenters. The van der Waals surface area contributed by atoms with Gasteiger partial charge in [-0.25, -0.2) is 0 Å². The van der Waals surface area contributed by atoms with Crippen molar-refractivity contribution in [3.8, 4) is 0 Å². The van der Waals surface area contributed by atoms with Crippen LogP contribution < -0.4 is 0 Å². The zero-order chi connectivity index (χ0) is 10.4. The molecular formula is C12H18O2. The minimum Gasteiger partial charge on any atom is -0.396 e. The van der Waals surface area contributed by atoms with Gasteiger partial charge in [0, 0.05) is 6.61 Å². The minimum absolute atomic E-state index is 0.173. The average Bonchev–Trinajstić information content (AvgIpc) is 2.18. The Morgan fingerprint density at radius 1 is 1.21 bits per heavy atom. The van der Waals surface area contributed by atoms with Gasteiger partial charge in [-0.05, 0) is 31.2 Å². The SMILES string of the molecule is CC(O)CC(CCO)c1ccccc1. The summed E-state index contributed by atoms with van der Waals surface area (Å²) in [5.41, 5.74) is 1.20. The molecule has 1 aromatic carbocycles. The lowest BCUT2D eigenvalue weighted by molar-refractivity contribution is 0.165. The molecule has 0 saturated heterocycles. The van der Waals surface area contributed by atoms with Crippen molar-refractivity contribution < 1.29 is 10.2 Å². The Morgan fingerprint density at radius 2 is 1.86 bits per heavy atom. The Morgan fingerprint density at radius 3 is 2.36 bits per heavy atom. The number of rotatable bonds is 5. The van der Waals surface area contributed by atoms with Gasteiger partial charge in [0.05, 0.1) is 6.10 Å². The minimum atomic E-state index is -0.313. The fraction of sp³-hybridized carbons (Fsp3) is 0.500. The Bertz CT molecular complexity index is 244. The molecular weight excluding hydrogens is 176 g/mol. The van der Waals surface area contributed by atoms with Crippen molar-refractivity contribution in [1.29, 1.82) is 0 Å². The summed E-state index contributed by atoms with van der Waals surface area (Å²) in [5, 5.41) is 18.3. The largest absolute Gasteiger partial charge is 0.396 e. The smallest absolute Gasteiger partial charge is 0.0518 e. The molecule has 2 N–H and O–H groups in total. The number of hydrogen-bond donors (Lipinski definition) is 2. The zero-order valence-electron chi connectivity index (χ0n) is 8.56. The van der Waals surface area contributed by atoms with Crippen molar-refractivity contribution in [2.75, 3.05) is 6.61 Å². The molecule has 0 aliphatic carbocycles. The highest BCUT2D eigenvalue weighted by Gasteiger charge is 2.12. The normalized spacial score (nSPS) is 15.1. The van der Waals surface area contributed by atoms with Crippen molar-refractivity contribution in [3.05, 3.63) is 35.9 Å². The molecule has 0 aliphatic rings. The van der Waals surface area contributed by atoms with E-state index in [4.69, 9.17) is 5.11 Å². The van der Waals surface area contributed by atoms with E-state index in [-0.39, 0.29) is 18.6 Å². The van der Waals surface area contributed by atoms with E-state index in [1.807, 2.05) is 30.3 Å². The van der Waals surface area contributed by atoms with Crippen LogP contribution >= 0.6 is 0 Å². The maximum atomic E-state index is 9.33. The van der Waals surface area contributed by atoms with E-state index in [1.165, 1.54) is 5.56 Å². The Kier molecular flexibility index (Phi) is 4.63. The molecule has 2 atom stereocenters. The van der Waals surface area contributed by atoms with Crippen molar-refractivity contribution in [1.82, 2.24) is 0 Å². The molecule has 78 valence electrons. The lowest BCUT2D eigenvalue weighted by atomic mass is 9.91. The summed E-state index contributed by atoms with van der Waals surface area (Å²) in [5.74, 6) is 0.265. The summed E-state index contributed by atoms with van der Waals surface area (Å²) < 4.78 is 0. The predicted molar refractivity (Wildman–Crippen MR) is 57.2 cm³/mol. The highest BCUT2D eigenvalue weighted by molar-refractivity contribution is 5.19. The second kappa shape index (κ2) is 5.78. The second-order valence-corrected chi connectivity index (χ2v) is 3.70. The molecule has 0 radical (unpaired) electrons. The molecule has 0 aliphatic heterocycles. The third kappa shape index (κ3) is 3.48. The molecule has 0 fully saturated rings. The molecule has 14 heavy (non-hydrogen) atoms. The van der Waals surface area contributed by atoms with Gasteiger partial charge in [0.15, 0.2) is 0 Å². The van der Waals surface area contributed by atoms with Crippen molar-refractivity contribution in [2.45, 2.75) is 31.8 Å². The molecule has 0 bridgehead atoms. The van der Waals surface area contributed by atoms with Crippen LogP contribution in [0.5, 0.6) is 0 Å². The highest BCUT2D eigenvalue weighted by atomic mass is 16.3. The van der Waals surface area contributed by atoms with E-state index in [1.54, 1.807) is 6.92 Å². The first-order valence-electron chi connectivity index (χ1n) is 5.08. The summed E-state index contributed by atoms with van der Waals surface area (Å²) >= 11 is 0. The molecule has 0 spiro atoms. The summed E-state index contributed by atoms with van der Waals surface area (Å²) in [6.45, 7) is 1.96. The van der Waals surface area contributed by atoms with Gasteiger partial charge in [0.25, 0.3) is 0 Å². The molecule has 0 aromatic heterocycles. The van der Waals surface area contributed by atoms with Gasteiger partial charge >= 0.3 is 0 Å². The molecule has 2 heteroatoms. The average molecular weight is 194 g/mol. The van der Waals surface area contributed by atoms with E-state index in [0.29, 0.717) is 6.42 Å². The first-order chi connectivity index (χ1) is 6.74. The van der Waals surface area contributed by atoms with Crippen LogP contribution in [0.1, 0.15) is 31.2 Å². The van der Waals surface area contributed by atoms with Crippen molar-refractivity contribution >= 4 is 0 Å². The van der Waals surface area contributed by atoms with Crippen LogP contribution in [0.25, 0.3) is 0 Å². The first-order valence-corrected chi connectivity index (χ1v) is 5.08. The van der Waals surface area contributed by atoms with E-state index < -0.39 is 0 Å². The molecule has 0 saturated carbocycles. The third-order valence-corrected chi connectivity index (χ3v) is 2.37. The van der Waals surface area contributed by atoms with Crippen molar-refractivity contribution in [3.63, 3.8) is 0 Å². The number of benzene rings is 1. The maximum Gasteiger partial charge on any atom is 0.0518 e. The van der Waals surface area contributed by atoms with Gasteiger partial charge in [-0.3, -0.25) is 0 Å². The molecule has 0 amide bonds. The maximum absolute atomic E-state index is 9.33. The van der Waals surface area contributed by atoms with E-state index >= 15 is 0 Å². The predicted octanol–water partition coefficient (Wildman–Crippen LogP) is 1.92. The Hall–Kier alpha value is -0.860.